The van der Waals surface area contributed by atoms with Crippen LogP contribution in [0.4, 0.5) is 5.69 Å². The van der Waals surface area contributed by atoms with Gasteiger partial charge in [0.2, 0.25) is 17.7 Å². The first-order chi connectivity index (χ1) is 16.4. The van der Waals surface area contributed by atoms with Gasteiger partial charge in [-0.1, -0.05) is 38.1 Å². The van der Waals surface area contributed by atoms with Crippen molar-refractivity contribution in [3.8, 4) is 11.8 Å². The minimum absolute atomic E-state index is 0.0686. The van der Waals surface area contributed by atoms with Crippen molar-refractivity contribution in [1.29, 1.82) is 0 Å². The topological polar surface area (TPSA) is 97.8 Å². The van der Waals surface area contributed by atoms with Gasteiger partial charge in [-0.05, 0) is 55.6 Å². The lowest BCUT2D eigenvalue weighted by atomic mass is 9.60. The number of ether oxygens (including phenoxy) is 2. The molecule has 1 aliphatic carbocycles. The fourth-order valence-corrected chi connectivity index (χ4v) is 4.40. The standard InChI is InChI=1S/C25H32N2O5/c1-16(2)17-8-6-7-9-18(17)25(14-12-24(3,13-15-25)23(29)30)22(28)26-19-10-11-20(31-4)27-21(19)32-5/h6-11,16H,12-15H2,1-5H3,(H,26,28)(H,29,30)/i3D3. The summed E-state index contributed by atoms with van der Waals surface area (Å²) in [5.41, 5.74) is -0.957. The van der Waals surface area contributed by atoms with E-state index >= 15 is 0 Å². The van der Waals surface area contributed by atoms with Crippen molar-refractivity contribution in [2.45, 2.75) is 57.7 Å². The zero-order valence-electron chi connectivity index (χ0n) is 21.9. The number of carbonyl (C=O) groups excluding carboxylic acids is 1. The summed E-state index contributed by atoms with van der Waals surface area (Å²) in [6.07, 6.45) is -0.175. The lowest BCUT2D eigenvalue weighted by Gasteiger charge is -2.43. The highest BCUT2D eigenvalue weighted by Crippen LogP contribution is 2.49. The number of nitrogens with zero attached hydrogens (tertiary/aromatic N) is 1. The van der Waals surface area contributed by atoms with Crippen LogP contribution in [-0.4, -0.2) is 36.2 Å². The number of hydrogen-bond acceptors (Lipinski definition) is 5. The van der Waals surface area contributed by atoms with Crippen LogP contribution >= 0.6 is 0 Å². The molecular weight excluding hydrogens is 408 g/mol. The minimum Gasteiger partial charge on any atom is -0.481 e. The first-order valence-corrected chi connectivity index (χ1v) is 10.6. The molecule has 0 spiro atoms. The van der Waals surface area contributed by atoms with Gasteiger partial charge < -0.3 is 19.9 Å². The smallest absolute Gasteiger partial charge is 0.309 e. The molecular formula is C25H32N2O5. The summed E-state index contributed by atoms with van der Waals surface area (Å²) in [6, 6.07) is 10.8. The van der Waals surface area contributed by atoms with Crippen LogP contribution in [0.3, 0.4) is 0 Å². The predicted octanol–water partition coefficient (Wildman–Crippen LogP) is 4.76. The number of methoxy groups -OCH3 is 2. The molecule has 1 saturated carbocycles. The van der Waals surface area contributed by atoms with E-state index in [0.29, 0.717) is 11.6 Å². The molecule has 0 bridgehead atoms. The number of hydrogen-bond donors (Lipinski definition) is 2. The van der Waals surface area contributed by atoms with Crippen molar-refractivity contribution in [2.24, 2.45) is 5.41 Å². The molecule has 1 amide bonds. The average molecular weight is 444 g/mol. The first kappa shape index (κ1) is 19.6. The quantitative estimate of drug-likeness (QED) is 0.640. The maximum atomic E-state index is 14.0. The summed E-state index contributed by atoms with van der Waals surface area (Å²) >= 11 is 0. The van der Waals surface area contributed by atoms with E-state index in [0.717, 1.165) is 11.1 Å². The number of carboxylic acids is 1. The van der Waals surface area contributed by atoms with Crippen molar-refractivity contribution in [3.05, 3.63) is 47.5 Å². The highest BCUT2D eigenvalue weighted by molar-refractivity contribution is 6.00. The van der Waals surface area contributed by atoms with Crippen LogP contribution in [0.5, 0.6) is 11.8 Å². The number of aromatic nitrogens is 1. The van der Waals surface area contributed by atoms with E-state index in [9.17, 15) is 14.7 Å². The van der Waals surface area contributed by atoms with Gasteiger partial charge in [0.05, 0.1) is 25.0 Å². The molecule has 32 heavy (non-hydrogen) atoms. The molecule has 0 atom stereocenters. The van der Waals surface area contributed by atoms with Crippen LogP contribution in [0.15, 0.2) is 36.4 Å². The Kier molecular flexibility index (Phi) is 5.62. The normalized spacial score (nSPS) is 24.7. The van der Waals surface area contributed by atoms with Gasteiger partial charge >= 0.3 is 5.97 Å². The molecule has 2 aromatic rings. The summed E-state index contributed by atoms with van der Waals surface area (Å²) in [6.45, 7) is 1.35. The SMILES string of the molecule is [2H]C([2H])([2H])C1(C(=O)O)CCC(C(=O)Nc2ccc(OC)nc2OC)(c2ccccc2C(C)C)CC1. The van der Waals surface area contributed by atoms with E-state index < -0.39 is 23.7 Å². The molecule has 0 unspecified atom stereocenters. The zero-order valence-corrected chi connectivity index (χ0v) is 18.9. The van der Waals surface area contributed by atoms with Gasteiger partial charge in [0, 0.05) is 10.2 Å². The van der Waals surface area contributed by atoms with Gasteiger partial charge in [0.25, 0.3) is 0 Å². The number of nitrogens with one attached hydrogen (secondary N) is 1. The van der Waals surface area contributed by atoms with Gasteiger partial charge in [-0.2, -0.15) is 4.98 Å². The Morgan fingerprint density at radius 3 is 2.34 bits per heavy atom. The Hall–Kier alpha value is -3.09. The van der Waals surface area contributed by atoms with Crippen molar-refractivity contribution >= 4 is 17.6 Å². The number of amides is 1. The molecule has 3 rings (SSSR count). The largest absolute Gasteiger partial charge is 0.481 e. The fraction of sp³-hybridized carbons (Fsp3) is 0.480. The fourth-order valence-electron chi connectivity index (χ4n) is 4.40. The van der Waals surface area contributed by atoms with Gasteiger partial charge in [0.1, 0.15) is 5.69 Å². The van der Waals surface area contributed by atoms with E-state index in [-0.39, 0.29) is 43.4 Å². The molecule has 0 saturated heterocycles. The van der Waals surface area contributed by atoms with E-state index in [4.69, 9.17) is 13.6 Å². The third-order valence-corrected chi connectivity index (χ3v) is 6.38. The third-order valence-electron chi connectivity index (χ3n) is 6.38. The highest BCUT2D eigenvalue weighted by Gasteiger charge is 2.50. The van der Waals surface area contributed by atoms with Crippen molar-refractivity contribution < 1.29 is 28.3 Å². The molecule has 1 aliphatic rings. The van der Waals surface area contributed by atoms with E-state index in [1.165, 1.54) is 14.2 Å². The number of benzene rings is 1. The molecule has 1 heterocycles. The Labute approximate surface area is 193 Å². The lowest BCUT2D eigenvalue weighted by molar-refractivity contribution is -0.151. The molecule has 172 valence electrons. The zero-order chi connectivity index (χ0) is 26.0. The second-order valence-electron chi connectivity index (χ2n) is 8.58. The van der Waals surface area contributed by atoms with Crippen LogP contribution in [0.1, 0.15) is 67.5 Å². The molecule has 2 N–H and O–H groups in total. The van der Waals surface area contributed by atoms with Crippen LogP contribution in [0, 0.1) is 5.41 Å². The summed E-state index contributed by atoms with van der Waals surface area (Å²) in [4.78, 5) is 30.4. The van der Waals surface area contributed by atoms with Gasteiger partial charge in [0.15, 0.2) is 0 Å². The Morgan fingerprint density at radius 2 is 1.78 bits per heavy atom. The molecule has 1 fully saturated rings. The monoisotopic (exact) mass is 443 g/mol. The number of aliphatic carboxylic acids is 1. The number of carbonyl (C=O) groups is 2. The molecule has 1 aromatic carbocycles. The highest BCUT2D eigenvalue weighted by atomic mass is 16.5. The lowest BCUT2D eigenvalue weighted by Crippen LogP contribution is -2.47. The van der Waals surface area contributed by atoms with E-state index in [1.54, 1.807) is 12.1 Å². The molecule has 0 aliphatic heterocycles. The van der Waals surface area contributed by atoms with Crippen molar-refractivity contribution in [2.75, 3.05) is 19.5 Å². The van der Waals surface area contributed by atoms with Crippen LogP contribution < -0.4 is 14.8 Å². The Bertz CT molecular complexity index is 1090. The van der Waals surface area contributed by atoms with Crippen LogP contribution in [0.25, 0.3) is 0 Å². The maximum absolute atomic E-state index is 14.0. The van der Waals surface area contributed by atoms with E-state index in [2.05, 4.69) is 10.3 Å². The van der Waals surface area contributed by atoms with Gasteiger partial charge in [-0.25, -0.2) is 0 Å². The van der Waals surface area contributed by atoms with Crippen LogP contribution in [0.2, 0.25) is 0 Å². The molecule has 7 nitrogen and oxygen atoms in total. The van der Waals surface area contributed by atoms with E-state index in [1.807, 2.05) is 38.1 Å². The third kappa shape index (κ3) is 4.29. The minimum atomic E-state index is -2.69. The van der Waals surface area contributed by atoms with Gasteiger partial charge in [-0.15, -0.1) is 0 Å². The Morgan fingerprint density at radius 1 is 1.09 bits per heavy atom. The molecule has 7 heteroatoms. The number of pyridine rings is 1. The second-order valence-corrected chi connectivity index (χ2v) is 8.58. The average Bonchev–Trinajstić information content (AvgIpc) is 2.83. The summed E-state index contributed by atoms with van der Waals surface area (Å²) < 4.78 is 34.3. The second kappa shape index (κ2) is 9.18. The number of anilines is 1. The van der Waals surface area contributed by atoms with Crippen LogP contribution in [-0.2, 0) is 15.0 Å². The maximum Gasteiger partial charge on any atom is 0.309 e. The predicted molar refractivity (Wildman–Crippen MR) is 122 cm³/mol. The molecule has 1 aromatic heterocycles. The van der Waals surface area contributed by atoms with Gasteiger partial charge in [-0.3, -0.25) is 9.59 Å². The number of rotatable bonds is 7. The Balaban J connectivity index is 2.10. The summed E-state index contributed by atoms with van der Waals surface area (Å²) in [5.74, 6) is -1.13. The molecule has 0 radical (unpaired) electrons. The van der Waals surface area contributed by atoms with Crippen molar-refractivity contribution in [3.63, 3.8) is 0 Å². The number of carboxylic acid groups (broad SMARTS) is 1. The first-order valence-electron chi connectivity index (χ1n) is 12.1. The van der Waals surface area contributed by atoms with Crippen molar-refractivity contribution in [1.82, 2.24) is 4.98 Å². The summed E-state index contributed by atoms with van der Waals surface area (Å²) in [5, 5.41) is 12.8. The summed E-state index contributed by atoms with van der Waals surface area (Å²) in [7, 11) is 2.90.